The molecule has 4 heteroatoms. The van der Waals surface area contributed by atoms with Gasteiger partial charge in [0.05, 0.1) is 12.2 Å². The van der Waals surface area contributed by atoms with Gasteiger partial charge in [0.15, 0.2) is 11.6 Å². The average Bonchev–Trinajstić information content (AvgIpc) is 2.76. The summed E-state index contributed by atoms with van der Waals surface area (Å²) in [5.74, 6) is -0.842. The van der Waals surface area contributed by atoms with Crippen LogP contribution in [0.3, 0.4) is 0 Å². The van der Waals surface area contributed by atoms with Crippen molar-refractivity contribution in [3.63, 3.8) is 0 Å². The van der Waals surface area contributed by atoms with Crippen LogP contribution in [0.1, 0.15) is 84.6 Å². The van der Waals surface area contributed by atoms with Crippen LogP contribution in [0.15, 0.2) is 29.9 Å². The summed E-state index contributed by atoms with van der Waals surface area (Å²) in [5.41, 5.74) is 2.66. The van der Waals surface area contributed by atoms with Crippen molar-refractivity contribution in [2.45, 2.75) is 84.7 Å². The van der Waals surface area contributed by atoms with Crippen molar-refractivity contribution < 1.29 is 18.3 Å². The fourth-order valence-electron chi connectivity index (χ4n) is 5.04. The van der Waals surface area contributed by atoms with Crippen LogP contribution in [0, 0.1) is 23.5 Å². The Balaban J connectivity index is 1.66. The lowest BCUT2D eigenvalue weighted by Gasteiger charge is -2.40. The lowest BCUT2D eigenvalue weighted by atomic mass is 9.71. The molecule has 0 aromatic heterocycles. The van der Waals surface area contributed by atoms with E-state index in [0.717, 1.165) is 50.7 Å². The Hall–Kier alpha value is -1.68. The van der Waals surface area contributed by atoms with Crippen molar-refractivity contribution in [1.29, 1.82) is 0 Å². The second-order valence-electron chi connectivity index (χ2n) is 9.42. The maximum absolute atomic E-state index is 14.7. The first-order valence-electron chi connectivity index (χ1n) is 12.0. The Kier molecular flexibility index (Phi) is 8.32. The van der Waals surface area contributed by atoms with Crippen LogP contribution < -0.4 is 4.74 Å². The number of rotatable bonds is 9. The van der Waals surface area contributed by atoms with E-state index < -0.39 is 11.6 Å². The molecule has 0 radical (unpaired) electrons. The Morgan fingerprint density at radius 3 is 2.42 bits per heavy atom. The molecule has 1 aromatic rings. The number of hydrogen-bond acceptors (Lipinski definition) is 2. The fourth-order valence-corrected chi connectivity index (χ4v) is 5.04. The van der Waals surface area contributed by atoms with Gasteiger partial charge in [0.1, 0.15) is 0 Å². The van der Waals surface area contributed by atoms with Crippen molar-refractivity contribution in [3.8, 4) is 5.75 Å². The summed E-state index contributed by atoms with van der Waals surface area (Å²) < 4.78 is 40.4. The van der Waals surface area contributed by atoms with Crippen LogP contribution in [0.2, 0.25) is 0 Å². The molecule has 0 aliphatic heterocycles. The minimum atomic E-state index is -0.895. The molecule has 2 nitrogen and oxygen atoms in total. The predicted octanol–water partition coefficient (Wildman–Crippen LogP) is 7.87. The van der Waals surface area contributed by atoms with E-state index in [0.29, 0.717) is 24.0 Å². The Morgan fingerprint density at radius 2 is 1.77 bits per heavy atom. The molecule has 0 spiro atoms. The van der Waals surface area contributed by atoms with Crippen molar-refractivity contribution in [2.24, 2.45) is 11.8 Å². The van der Waals surface area contributed by atoms with Crippen molar-refractivity contribution >= 4 is 5.57 Å². The summed E-state index contributed by atoms with van der Waals surface area (Å²) >= 11 is 0. The van der Waals surface area contributed by atoms with Gasteiger partial charge in [-0.05, 0) is 81.9 Å². The first-order valence-corrected chi connectivity index (χ1v) is 12.0. The molecule has 1 fully saturated rings. The van der Waals surface area contributed by atoms with Crippen LogP contribution in [-0.2, 0) is 4.74 Å². The van der Waals surface area contributed by atoms with Gasteiger partial charge in [-0.1, -0.05) is 44.4 Å². The third kappa shape index (κ3) is 5.77. The van der Waals surface area contributed by atoms with E-state index in [1.807, 2.05) is 6.08 Å². The van der Waals surface area contributed by atoms with E-state index in [1.54, 1.807) is 13.0 Å². The molecule has 0 bridgehead atoms. The van der Waals surface area contributed by atoms with Crippen molar-refractivity contribution in [3.05, 3.63) is 47.1 Å². The maximum Gasteiger partial charge on any atom is 0.201 e. The monoisotopic (exact) mass is 432 g/mol. The molecule has 2 aliphatic rings. The minimum Gasteiger partial charge on any atom is -0.491 e. The molecule has 0 N–H and O–H groups in total. The first kappa shape index (κ1) is 24.0. The van der Waals surface area contributed by atoms with Crippen LogP contribution >= 0.6 is 0 Å². The zero-order chi connectivity index (χ0) is 22.4. The molecule has 172 valence electrons. The highest BCUT2D eigenvalue weighted by Gasteiger charge is 2.35. The predicted molar refractivity (Wildman–Crippen MR) is 123 cm³/mol. The Morgan fingerprint density at radius 1 is 1.03 bits per heavy atom. The normalized spacial score (nSPS) is 26.4. The number of hydrogen-bond donors (Lipinski definition) is 0. The molecule has 31 heavy (non-hydrogen) atoms. The van der Waals surface area contributed by atoms with Crippen LogP contribution in [0.4, 0.5) is 8.78 Å². The average molecular weight is 433 g/mol. The number of unbranched alkanes of at least 4 members (excludes halogenated alkanes) is 2. The summed E-state index contributed by atoms with van der Waals surface area (Å²) in [6.07, 6.45) is 12.9. The van der Waals surface area contributed by atoms with Crippen molar-refractivity contribution in [1.82, 2.24) is 0 Å². The molecule has 1 atom stereocenters. The minimum absolute atomic E-state index is 0.00661. The van der Waals surface area contributed by atoms with E-state index in [9.17, 15) is 8.78 Å². The summed E-state index contributed by atoms with van der Waals surface area (Å²) in [5, 5.41) is 0. The van der Waals surface area contributed by atoms with E-state index in [1.165, 1.54) is 24.5 Å². The molecule has 0 amide bonds. The van der Waals surface area contributed by atoms with Crippen LogP contribution in [-0.4, -0.2) is 18.8 Å². The number of halogens is 2. The molecule has 1 aromatic carbocycles. The highest BCUT2D eigenvalue weighted by Crippen LogP contribution is 2.44. The lowest BCUT2D eigenvalue weighted by Crippen LogP contribution is -2.35. The fraction of sp³-hybridized carbons (Fsp3) is 0.630. The van der Waals surface area contributed by atoms with Crippen molar-refractivity contribution in [2.75, 3.05) is 13.2 Å². The van der Waals surface area contributed by atoms with Gasteiger partial charge in [-0.2, -0.15) is 4.39 Å². The van der Waals surface area contributed by atoms with Gasteiger partial charge in [0.25, 0.3) is 0 Å². The van der Waals surface area contributed by atoms with E-state index in [-0.39, 0.29) is 11.4 Å². The standard InChI is InChI=1S/C27H38F2O2/c1-5-7-8-17-31-27(4)15-13-20(14-16-27)22-10-9-21(18-19(22)3)23-11-12-24(30-6-2)26(29)25(23)28/h9-12,19-20H,5-8,13-18H2,1-4H3. The van der Waals surface area contributed by atoms with Gasteiger partial charge < -0.3 is 9.47 Å². The number of benzene rings is 1. The zero-order valence-electron chi connectivity index (χ0n) is 19.6. The second-order valence-corrected chi connectivity index (χ2v) is 9.42. The first-order chi connectivity index (χ1) is 14.9. The maximum atomic E-state index is 14.7. The number of allylic oxidation sites excluding steroid dienone is 4. The largest absolute Gasteiger partial charge is 0.491 e. The summed E-state index contributed by atoms with van der Waals surface area (Å²) in [4.78, 5) is 0. The third-order valence-corrected chi connectivity index (χ3v) is 6.98. The third-order valence-electron chi connectivity index (χ3n) is 6.98. The Labute approximate surface area is 186 Å². The van der Waals surface area contributed by atoms with Gasteiger partial charge in [0.2, 0.25) is 5.82 Å². The summed E-state index contributed by atoms with van der Waals surface area (Å²) in [6.45, 7) is 9.62. The van der Waals surface area contributed by atoms with Crippen LogP contribution in [0.25, 0.3) is 5.57 Å². The van der Waals surface area contributed by atoms with Crippen LogP contribution in [0.5, 0.6) is 5.75 Å². The molecule has 3 rings (SSSR count). The Bertz CT molecular complexity index is 804. The quantitative estimate of drug-likeness (QED) is 0.370. The van der Waals surface area contributed by atoms with Gasteiger partial charge in [-0.3, -0.25) is 0 Å². The van der Waals surface area contributed by atoms with Gasteiger partial charge in [-0.15, -0.1) is 0 Å². The molecular formula is C27H38F2O2. The van der Waals surface area contributed by atoms with Gasteiger partial charge in [-0.25, -0.2) is 4.39 Å². The molecule has 1 saturated carbocycles. The highest BCUT2D eigenvalue weighted by atomic mass is 19.2. The van der Waals surface area contributed by atoms with Gasteiger partial charge >= 0.3 is 0 Å². The van der Waals surface area contributed by atoms with Gasteiger partial charge in [0, 0.05) is 12.2 Å². The summed E-state index contributed by atoms with van der Waals surface area (Å²) in [7, 11) is 0. The smallest absolute Gasteiger partial charge is 0.201 e. The summed E-state index contributed by atoms with van der Waals surface area (Å²) in [6, 6.07) is 3.17. The highest BCUT2D eigenvalue weighted by molar-refractivity contribution is 5.70. The molecule has 1 unspecified atom stereocenters. The second kappa shape index (κ2) is 10.8. The molecule has 2 aliphatic carbocycles. The molecule has 0 heterocycles. The van der Waals surface area contributed by atoms with E-state index in [4.69, 9.17) is 9.47 Å². The van der Waals surface area contributed by atoms with E-state index in [2.05, 4.69) is 26.8 Å². The molecule has 0 saturated heterocycles. The SMILES string of the molecule is CCCCCOC1(C)CCC(C2=CC=C(c3ccc(OCC)c(F)c3F)CC2C)CC1. The zero-order valence-corrected chi connectivity index (χ0v) is 19.6. The number of ether oxygens (including phenoxy) is 2. The lowest BCUT2D eigenvalue weighted by molar-refractivity contribution is -0.0636. The molecular weight excluding hydrogens is 394 g/mol. The topological polar surface area (TPSA) is 18.5 Å². The van der Waals surface area contributed by atoms with E-state index >= 15 is 0 Å².